The van der Waals surface area contributed by atoms with Gasteiger partial charge in [0.05, 0.1) is 6.26 Å². The SMILES string of the molecule is CC(=O)C(O)[C@H]1OC=C[C@](O)(C(C)=O)[C@@]1(O)C(C)=O. The van der Waals surface area contributed by atoms with Gasteiger partial charge >= 0.3 is 0 Å². The molecule has 0 aromatic carbocycles. The fraction of sp³-hybridized carbons (Fsp3) is 0.583. The van der Waals surface area contributed by atoms with E-state index in [9.17, 15) is 29.7 Å². The lowest BCUT2D eigenvalue weighted by Crippen LogP contribution is -2.72. The van der Waals surface area contributed by atoms with Gasteiger partial charge in [-0.1, -0.05) is 0 Å². The molecule has 3 N–H and O–H groups in total. The number of Topliss-reactive ketones (excluding diaryl/α,β-unsaturated/α-hetero) is 3. The van der Waals surface area contributed by atoms with Gasteiger partial charge < -0.3 is 20.1 Å². The van der Waals surface area contributed by atoms with Crippen LogP contribution >= 0.6 is 0 Å². The average molecular weight is 272 g/mol. The molecule has 1 aliphatic rings. The lowest BCUT2D eigenvalue weighted by atomic mass is 9.70. The molecule has 0 aromatic heterocycles. The maximum atomic E-state index is 11.7. The Morgan fingerprint density at radius 3 is 2.05 bits per heavy atom. The van der Waals surface area contributed by atoms with E-state index in [2.05, 4.69) is 0 Å². The Balaban J connectivity index is 3.44. The van der Waals surface area contributed by atoms with Crippen LogP contribution in [-0.4, -0.2) is 56.1 Å². The average Bonchev–Trinajstić information content (AvgIpc) is 2.31. The van der Waals surface area contributed by atoms with Gasteiger partial charge in [0.15, 0.2) is 35.2 Å². The first kappa shape index (κ1) is 15.5. The van der Waals surface area contributed by atoms with E-state index in [1.54, 1.807) is 0 Å². The summed E-state index contributed by atoms with van der Waals surface area (Å²) in [6.07, 6.45) is -1.93. The van der Waals surface area contributed by atoms with Gasteiger partial charge in [-0.2, -0.15) is 0 Å². The summed E-state index contributed by atoms with van der Waals surface area (Å²) in [5, 5.41) is 30.3. The van der Waals surface area contributed by atoms with Crippen molar-refractivity contribution in [2.24, 2.45) is 0 Å². The van der Waals surface area contributed by atoms with Crippen LogP contribution < -0.4 is 0 Å². The highest BCUT2D eigenvalue weighted by Crippen LogP contribution is 2.36. The summed E-state index contributed by atoms with van der Waals surface area (Å²) in [6, 6.07) is 0. The van der Waals surface area contributed by atoms with E-state index in [1.807, 2.05) is 0 Å². The van der Waals surface area contributed by atoms with Gasteiger partial charge in [0.1, 0.15) is 0 Å². The number of hydrogen-bond donors (Lipinski definition) is 3. The molecule has 106 valence electrons. The molecule has 0 bridgehead atoms. The molecule has 1 rings (SSSR count). The number of aliphatic hydroxyl groups is 3. The molecule has 0 aliphatic carbocycles. The van der Waals surface area contributed by atoms with Crippen LogP contribution in [-0.2, 0) is 19.1 Å². The summed E-state index contributed by atoms with van der Waals surface area (Å²) < 4.78 is 4.89. The number of ether oxygens (including phenoxy) is 1. The molecular formula is C12H16O7. The fourth-order valence-electron chi connectivity index (χ4n) is 2.04. The third-order valence-corrected chi connectivity index (χ3v) is 3.30. The Labute approximate surface area is 109 Å². The van der Waals surface area contributed by atoms with Gasteiger partial charge in [-0.25, -0.2) is 0 Å². The number of carbonyl (C=O) groups excluding carboxylic acids is 3. The molecule has 0 radical (unpaired) electrons. The molecule has 7 heteroatoms. The minimum atomic E-state index is -2.74. The number of carbonyl (C=O) groups is 3. The van der Waals surface area contributed by atoms with Gasteiger partial charge in [-0.05, 0) is 26.8 Å². The van der Waals surface area contributed by atoms with Crippen LogP contribution in [0.1, 0.15) is 20.8 Å². The summed E-state index contributed by atoms with van der Waals surface area (Å²) in [5.41, 5.74) is -5.29. The predicted molar refractivity (Wildman–Crippen MR) is 62.0 cm³/mol. The van der Waals surface area contributed by atoms with Crippen LogP contribution in [0.3, 0.4) is 0 Å². The second-order valence-electron chi connectivity index (χ2n) is 4.56. The monoisotopic (exact) mass is 272 g/mol. The van der Waals surface area contributed by atoms with Crippen molar-refractivity contribution in [2.45, 2.75) is 44.2 Å². The second-order valence-corrected chi connectivity index (χ2v) is 4.56. The second kappa shape index (κ2) is 4.84. The number of aliphatic hydroxyl groups excluding tert-OH is 1. The normalized spacial score (nSPS) is 35.4. The van der Waals surface area contributed by atoms with E-state index in [0.29, 0.717) is 0 Å². The van der Waals surface area contributed by atoms with Crippen molar-refractivity contribution in [3.05, 3.63) is 12.3 Å². The van der Waals surface area contributed by atoms with Crippen LogP contribution in [0.5, 0.6) is 0 Å². The Bertz CT molecular complexity index is 455. The van der Waals surface area contributed by atoms with Gasteiger partial charge in [0.2, 0.25) is 5.60 Å². The van der Waals surface area contributed by atoms with Crippen molar-refractivity contribution < 1.29 is 34.4 Å². The molecule has 0 saturated carbocycles. The first-order chi connectivity index (χ1) is 8.59. The lowest BCUT2D eigenvalue weighted by Gasteiger charge is -2.45. The van der Waals surface area contributed by atoms with Crippen LogP contribution in [0.15, 0.2) is 12.3 Å². The molecule has 7 nitrogen and oxygen atoms in total. The quantitative estimate of drug-likeness (QED) is 0.568. The molecule has 19 heavy (non-hydrogen) atoms. The summed E-state index contributed by atoms with van der Waals surface area (Å²) in [7, 11) is 0. The smallest absolute Gasteiger partial charge is 0.202 e. The van der Waals surface area contributed by atoms with Crippen molar-refractivity contribution in [3.63, 3.8) is 0 Å². The molecule has 0 aromatic rings. The zero-order chi connectivity index (χ0) is 15.0. The Morgan fingerprint density at radius 1 is 1.16 bits per heavy atom. The molecule has 1 aliphatic heterocycles. The van der Waals surface area contributed by atoms with Crippen molar-refractivity contribution >= 4 is 17.3 Å². The summed E-state index contributed by atoms with van der Waals surface area (Å²) in [6.45, 7) is 2.93. The van der Waals surface area contributed by atoms with Gasteiger partial charge in [-0.15, -0.1) is 0 Å². The third kappa shape index (κ3) is 2.09. The summed E-state index contributed by atoms with van der Waals surface area (Å²) in [4.78, 5) is 34.4. The van der Waals surface area contributed by atoms with E-state index in [1.165, 1.54) is 0 Å². The van der Waals surface area contributed by atoms with Gasteiger partial charge in [0, 0.05) is 0 Å². The highest BCUT2D eigenvalue weighted by Gasteiger charge is 2.64. The fourth-order valence-corrected chi connectivity index (χ4v) is 2.04. The molecule has 4 atom stereocenters. The molecule has 0 amide bonds. The van der Waals surface area contributed by atoms with E-state index >= 15 is 0 Å². The largest absolute Gasteiger partial charge is 0.491 e. The van der Waals surface area contributed by atoms with Crippen LogP contribution in [0.4, 0.5) is 0 Å². The molecule has 0 spiro atoms. The maximum Gasteiger partial charge on any atom is 0.202 e. The number of rotatable bonds is 4. The zero-order valence-corrected chi connectivity index (χ0v) is 10.8. The molecule has 1 heterocycles. The molecule has 1 unspecified atom stereocenters. The molecule has 0 saturated heterocycles. The maximum absolute atomic E-state index is 11.7. The minimum absolute atomic E-state index is 0.772. The van der Waals surface area contributed by atoms with E-state index in [0.717, 1.165) is 33.1 Å². The predicted octanol–water partition coefficient (Wildman–Crippen LogP) is -1.51. The van der Waals surface area contributed by atoms with Crippen molar-refractivity contribution in [2.75, 3.05) is 0 Å². The van der Waals surface area contributed by atoms with Crippen molar-refractivity contribution in [1.29, 1.82) is 0 Å². The highest BCUT2D eigenvalue weighted by molar-refractivity contribution is 6.00. The Hall–Kier alpha value is -1.57. The Kier molecular flexibility index (Phi) is 3.94. The van der Waals surface area contributed by atoms with Crippen LogP contribution in [0, 0.1) is 0 Å². The molecular weight excluding hydrogens is 256 g/mol. The standard InChI is InChI=1S/C12H16O7/c1-6(13)9(16)10-12(18,8(3)15)11(17,7(2)14)4-5-19-10/h4-5,9-10,16-18H,1-3H3/t9?,10-,11+,12-/m1/s1. The van der Waals surface area contributed by atoms with Crippen molar-refractivity contribution in [1.82, 2.24) is 0 Å². The first-order valence-electron chi connectivity index (χ1n) is 5.57. The zero-order valence-electron chi connectivity index (χ0n) is 10.8. The number of ketones is 3. The third-order valence-electron chi connectivity index (χ3n) is 3.30. The van der Waals surface area contributed by atoms with Gasteiger partial charge in [-0.3, -0.25) is 14.4 Å². The van der Waals surface area contributed by atoms with E-state index in [4.69, 9.17) is 4.74 Å². The summed E-state index contributed by atoms with van der Waals surface area (Å²) in [5.74, 6) is -2.68. The lowest BCUT2D eigenvalue weighted by molar-refractivity contribution is -0.213. The van der Waals surface area contributed by atoms with Crippen molar-refractivity contribution in [3.8, 4) is 0 Å². The first-order valence-corrected chi connectivity index (χ1v) is 5.57. The topological polar surface area (TPSA) is 121 Å². The molecule has 0 fully saturated rings. The minimum Gasteiger partial charge on any atom is -0.491 e. The van der Waals surface area contributed by atoms with E-state index in [-0.39, 0.29) is 0 Å². The van der Waals surface area contributed by atoms with E-state index < -0.39 is 40.8 Å². The van der Waals surface area contributed by atoms with Crippen LogP contribution in [0.25, 0.3) is 0 Å². The Morgan fingerprint density at radius 2 is 1.68 bits per heavy atom. The van der Waals surface area contributed by atoms with Crippen LogP contribution in [0.2, 0.25) is 0 Å². The highest BCUT2D eigenvalue weighted by atomic mass is 16.5. The summed E-state index contributed by atoms with van der Waals surface area (Å²) >= 11 is 0. The number of hydrogen-bond acceptors (Lipinski definition) is 7. The van der Waals surface area contributed by atoms with Gasteiger partial charge in [0.25, 0.3) is 0 Å².